The molecular weight excluding hydrogens is 461 g/mol. The SMILES string of the molecule is O=c1ccc(-c2cccc(F)c2)nn1Cc1cccc(-c2ncc(OCCN3CCOCC3)cn2)c1. The smallest absolute Gasteiger partial charge is 0.267 e. The Bertz CT molecular complexity index is 1370. The van der Waals surface area contributed by atoms with Crippen molar-refractivity contribution in [3.63, 3.8) is 0 Å². The number of ether oxygens (including phenoxy) is 2. The van der Waals surface area contributed by atoms with Crippen LogP contribution in [0.5, 0.6) is 5.75 Å². The Labute approximate surface area is 208 Å². The van der Waals surface area contributed by atoms with Crippen molar-refractivity contribution in [2.75, 3.05) is 39.5 Å². The Morgan fingerprint density at radius 1 is 0.944 bits per heavy atom. The maximum absolute atomic E-state index is 13.6. The van der Waals surface area contributed by atoms with Gasteiger partial charge in [0.25, 0.3) is 5.56 Å². The van der Waals surface area contributed by atoms with E-state index in [1.807, 2.05) is 24.3 Å². The summed E-state index contributed by atoms with van der Waals surface area (Å²) < 4.78 is 26.1. The zero-order valence-corrected chi connectivity index (χ0v) is 19.7. The number of nitrogens with zero attached hydrogens (tertiary/aromatic N) is 5. The molecule has 8 nitrogen and oxygen atoms in total. The third-order valence-electron chi connectivity index (χ3n) is 5.91. The number of rotatable bonds is 8. The topological polar surface area (TPSA) is 82.4 Å². The highest BCUT2D eigenvalue weighted by Gasteiger charge is 2.11. The minimum atomic E-state index is -0.353. The predicted octanol–water partition coefficient (Wildman–Crippen LogP) is 3.27. The molecule has 0 spiro atoms. The van der Waals surface area contributed by atoms with Gasteiger partial charge in [0, 0.05) is 36.8 Å². The van der Waals surface area contributed by atoms with Crippen LogP contribution in [-0.2, 0) is 11.3 Å². The minimum Gasteiger partial charge on any atom is -0.489 e. The van der Waals surface area contributed by atoms with Gasteiger partial charge < -0.3 is 9.47 Å². The van der Waals surface area contributed by atoms with Crippen molar-refractivity contribution in [3.8, 4) is 28.4 Å². The summed E-state index contributed by atoms with van der Waals surface area (Å²) in [5.74, 6) is 0.826. The Hall–Kier alpha value is -3.95. The number of aromatic nitrogens is 4. The molecule has 0 N–H and O–H groups in total. The fourth-order valence-electron chi connectivity index (χ4n) is 4.00. The van der Waals surface area contributed by atoms with Crippen molar-refractivity contribution in [3.05, 3.63) is 94.8 Å². The average molecular weight is 488 g/mol. The van der Waals surface area contributed by atoms with E-state index in [0.29, 0.717) is 29.4 Å². The van der Waals surface area contributed by atoms with Crippen LogP contribution in [0.25, 0.3) is 22.6 Å². The molecule has 2 aromatic heterocycles. The van der Waals surface area contributed by atoms with E-state index in [1.165, 1.54) is 22.9 Å². The summed E-state index contributed by atoms with van der Waals surface area (Å²) in [5, 5.41) is 4.43. The fraction of sp³-hybridized carbons (Fsp3) is 0.259. The van der Waals surface area contributed by atoms with Crippen LogP contribution in [0, 0.1) is 5.82 Å². The normalized spacial score (nSPS) is 14.0. The second-order valence-electron chi connectivity index (χ2n) is 8.47. The lowest BCUT2D eigenvalue weighted by atomic mass is 10.1. The van der Waals surface area contributed by atoms with Crippen molar-refractivity contribution >= 4 is 0 Å². The number of benzene rings is 2. The van der Waals surface area contributed by atoms with Crippen LogP contribution in [0.3, 0.4) is 0 Å². The van der Waals surface area contributed by atoms with Crippen LogP contribution < -0.4 is 10.3 Å². The average Bonchev–Trinajstić information content (AvgIpc) is 2.91. The molecule has 0 unspecified atom stereocenters. The number of halogens is 1. The second-order valence-corrected chi connectivity index (χ2v) is 8.47. The van der Waals surface area contributed by atoms with Gasteiger partial charge in [-0.2, -0.15) is 5.10 Å². The van der Waals surface area contributed by atoms with Gasteiger partial charge in [0.1, 0.15) is 12.4 Å². The molecule has 3 heterocycles. The quantitative estimate of drug-likeness (QED) is 0.377. The number of hydrogen-bond donors (Lipinski definition) is 0. The molecule has 1 saturated heterocycles. The standard InChI is InChI=1S/C27H26FN5O3/c28-23-6-2-4-21(16-23)25-7-8-26(34)33(31-25)19-20-3-1-5-22(15-20)27-29-17-24(18-30-27)36-14-11-32-9-12-35-13-10-32/h1-8,15-18H,9-14,19H2. The molecule has 184 valence electrons. The summed E-state index contributed by atoms with van der Waals surface area (Å²) in [6.45, 7) is 5.03. The lowest BCUT2D eigenvalue weighted by molar-refractivity contribution is 0.0322. The Kier molecular flexibility index (Phi) is 7.39. The number of morpholine rings is 1. The van der Waals surface area contributed by atoms with Crippen molar-refractivity contribution in [2.45, 2.75) is 6.54 Å². The van der Waals surface area contributed by atoms with Crippen LogP contribution >= 0.6 is 0 Å². The molecule has 0 atom stereocenters. The van der Waals surface area contributed by atoms with E-state index in [9.17, 15) is 9.18 Å². The molecule has 9 heteroatoms. The Morgan fingerprint density at radius 3 is 2.53 bits per heavy atom. The largest absolute Gasteiger partial charge is 0.489 e. The Morgan fingerprint density at radius 2 is 1.72 bits per heavy atom. The van der Waals surface area contributed by atoms with E-state index in [0.717, 1.165) is 44.0 Å². The van der Waals surface area contributed by atoms with Crippen LogP contribution in [0.2, 0.25) is 0 Å². The summed E-state index contributed by atoms with van der Waals surface area (Å²) in [7, 11) is 0. The van der Waals surface area contributed by atoms with Crippen molar-refractivity contribution in [1.29, 1.82) is 0 Å². The maximum atomic E-state index is 13.6. The van der Waals surface area contributed by atoms with Gasteiger partial charge in [0.2, 0.25) is 0 Å². The number of hydrogen-bond acceptors (Lipinski definition) is 7. The lowest BCUT2D eigenvalue weighted by Gasteiger charge is -2.26. The fourth-order valence-corrected chi connectivity index (χ4v) is 4.00. The van der Waals surface area contributed by atoms with Crippen LogP contribution in [0.1, 0.15) is 5.56 Å². The van der Waals surface area contributed by atoms with E-state index in [4.69, 9.17) is 9.47 Å². The van der Waals surface area contributed by atoms with E-state index in [-0.39, 0.29) is 17.9 Å². The van der Waals surface area contributed by atoms with Crippen molar-refractivity contribution < 1.29 is 13.9 Å². The summed E-state index contributed by atoms with van der Waals surface area (Å²) >= 11 is 0. The monoisotopic (exact) mass is 487 g/mol. The molecule has 0 aliphatic carbocycles. The van der Waals surface area contributed by atoms with Crippen molar-refractivity contribution in [2.24, 2.45) is 0 Å². The highest BCUT2D eigenvalue weighted by molar-refractivity contribution is 5.58. The first-order valence-electron chi connectivity index (χ1n) is 11.8. The van der Waals surface area contributed by atoms with E-state index < -0.39 is 0 Å². The molecule has 2 aromatic carbocycles. The zero-order valence-electron chi connectivity index (χ0n) is 19.7. The molecule has 0 amide bonds. The molecule has 1 aliphatic heterocycles. The molecular formula is C27H26FN5O3. The molecule has 4 aromatic rings. The van der Waals surface area contributed by atoms with Gasteiger partial charge in [0.15, 0.2) is 11.6 Å². The van der Waals surface area contributed by atoms with Crippen LogP contribution in [0.4, 0.5) is 4.39 Å². The van der Waals surface area contributed by atoms with Gasteiger partial charge in [-0.05, 0) is 29.8 Å². The molecule has 1 fully saturated rings. The highest BCUT2D eigenvalue weighted by Crippen LogP contribution is 2.20. The van der Waals surface area contributed by atoms with E-state index in [2.05, 4.69) is 20.0 Å². The molecule has 5 rings (SSSR count). The first-order chi connectivity index (χ1) is 17.6. The van der Waals surface area contributed by atoms with Crippen LogP contribution in [-0.4, -0.2) is 64.1 Å². The third kappa shape index (κ3) is 5.99. The summed E-state index contributed by atoms with van der Waals surface area (Å²) in [4.78, 5) is 23.6. The molecule has 36 heavy (non-hydrogen) atoms. The third-order valence-corrected chi connectivity index (χ3v) is 5.91. The van der Waals surface area contributed by atoms with Gasteiger partial charge in [-0.25, -0.2) is 19.0 Å². The zero-order chi connectivity index (χ0) is 24.7. The first-order valence-corrected chi connectivity index (χ1v) is 11.8. The molecule has 1 aliphatic rings. The first kappa shape index (κ1) is 23.8. The predicted molar refractivity (Wildman–Crippen MR) is 133 cm³/mol. The summed E-state index contributed by atoms with van der Waals surface area (Å²) in [6, 6.07) is 16.8. The van der Waals surface area contributed by atoms with Gasteiger partial charge in [-0.3, -0.25) is 9.69 Å². The van der Waals surface area contributed by atoms with Crippen molar-refractivity contribution in [1.82, 2.24) is 24.6 Å². The molecule has 0 bridgehead atoms. The minimum absolute atomic E-state index is 0.240. The van der Waals surface area contributed by atoms with E-state index >= 15 is 0 Å². The van der Waals surface area contributed by atoms with Gasteiger partial charge >= 0.3 is 0 Å². The maximum Gasteiger partial charge on any atom is 0.267 e. The van der Waals surface area contributed by atoms with Gasteiger partial charge in [0.05, 0.1) is 37.8 Å². The summed E-state index contributed by atoms with van der Waals surface area (Å²) in [5.41, 5.74) is 2.58. The van der Waals surface area contributed by atoms with Gasteiger partial charge in [-0.15, -0.1) is 0 Å². The lowest BCUT2D eigenvalue weighted by Crippen LogP contribution is -2.38. The van der Waals surface area contributed by atoms with Gasteiger partial charge in [-0.1, -0.05) is 30.3 Å². The summed E-state index contributed by atoms with van der Waals surface area (Å²) in [6.07, 6.45) is 3.34. The second kappa shape index (κ2) is 11.2. The van der Waals surface area contributed by atoms with Crippen LogP contribution in [0.15, 0.2) is 77.9 Å². The highest BCUT2D eigenvalue weighted by atomic mass is 19.1. The molecule has 0 saturated carbocycles. The Balaban J connectivity index is 1.26. The van der Waals surface area contributed by atoms with E-state index in [1.54, 1.807) is 30.6 Å². The molecule has 0 radical (unpaired) electrons.